The number of nitrogens with one attached hydrogen (secondary N) is 1. The van der Waals surface area contributed by atoms with Crippen LogP contribution in [0.15, 0.2) is 23.1 Å². The first kappa shape index (κ1) is 16.4. The number of halogens is 1. The summed E-state index contributed by atoms with van der Waals surface area (Å²) in [4.78, 5) is 28.0. The molecule has 1 aromatic rings. The molecule has 1 aromatic carbocycles. The van der Waals surface area contributed by atoms with Crippen LogP contribution in [0.5, 0.6) is 0 Å². The van der Waals surface area contributed by atoms with E-state index in [4.69, 9.17) is 11.6 Å². The molecular weight excluding hydrogens is 334 g/mol. The van der Waals surface area contributed by atoms with Crippen LogP contribution in [0.4, 0.5) is 10.5 Å². The monoisotopic (exact) mass is 351 g/mol. The Morgan fingerprint density at radius 3 is 2.78 bits per heavy atom. The number of carbonyl (C=O) groups is 2. The van der Waals surface area contributed by atoms with E-state index < -0.39 is 0 Å². The third-order valence-electron chi connectivity index (χ3n) is 4.16. The van der Waals surface area contributed by atoms with Crippen molar-refractivity contribution in [3.63, 3.8) is 0 Å². The van der Waals surface area contributed by atoms with Gasteiger partial charge in [0.2, 0.25) is 0 Å². The largest absolute Gasteiger partial charge is 0.368 e. The molecule has 2 aliphatic heterocycles. The van der Waals surface area contributed by atoms with Crippen molar-refractivity contribution in [1.29, 1.82) is 0 Å². The molecule has 0 spiro atoms. The van der Waals surface area contributed by atoms with Crippen molar-refractivity contribution in [3.8, 4) is 0 Å². The minimum atomic E-state index is -0.349. The van der Waals surface area contributed by atoms with Gasteiger partial charge in [-0.05, 0) is 44.4 Å². The van der Waals surface area contributed by atoms with Crippen LogP contribution in [0.3, 0.4) is 0 Å². The van der Waals surface area contributed by atoms with Gasteiger partial charge < -0.3 is 9.80 Å². The predicted molar refractivity (Wildman–Crippen MR) is 94.9 cm³/mol. The van der Waals surface area contributed by atoms with Crippen molar-refractivity contribution in [3.05, 3.63) is 33.7 Å². The topological polar surface area (TPSA) is 52.6 Å². The molecule has 2 saturated heterocycles. The van der Waals surface area contributed by atoms with E-state index in [1.165, 1.54) is 0 Å². The van der Waals surface area contributed by atoms with E-state index in [1.807, 2.05) is 18.2 Å². The highest BCUT2D eigenvalue weighted by Gasteiger charge is 2.28. The molecule has 1 atom stereocenters. The average Bonchev–Trinajstić information content (AvgIpc) is 3.07. The number of thioether (sulfide) groups is 1. The van der Waals surface area contributed by atoms with Crippen LogP contribution in [0.2, 0.25) is 5.02 Å². The van der Waals surface area contributed by atoms with Crippen molar-refractivity contribution < 1.29 is 9.59 Å². The maximum absolute atomic E-state index is 11.8. The predicted octanol–water partition coefficient (Wildman–Crippen LogP) is 2.80. The summed E-state index contributed by atoms with van der Waals surface area (Å²) in [6.07, 6.45) is 2.82. The van der Waals surface area contributed by atoms with Gasteiger partial charge in [-0.3, -0.25) is 14.9 Å². The molecule has 7 heteroatoms. The number of rotatable bonds is 3. The summed E-state index contributed by atoms with van der Waals surface area (Å²) in [5.74, 6) is -0.349. The van der Waals surface area contributed by atoms with Gasteiger partial charge in [0.1, 0.15) is 0 Å². The zero-order valence-corrected chi connectivity index (χ0v) is 14.6. The van der Waals surface area contributed by atoms with Gasteiger partial charge in [-0.25, -0.2) is 0 Å². The maximum Gasteiger partial charge on any atom is 0.290 e. The van der Waals surface area contributed by atoms with Crippen molar-refractivity contribution in [2.75, 3.05) is 32.1 Å². The van der Waals surface area contributed by atoms with Gasteiger partial charge in [0.05, 0.1) is 15.6 Å². The van der Waals surface area contributed by atoms with Gasteiger partial charge >= 0.3 is 0 Å². The third kappa shape index (κ3) is 3.39. The number of carbonyl (C=O) groups excluding carboxylic acids is 2. The number of para-hydroxylation sites is 1. The molecule has 0 unspecified atom stereocenters. The normalized spacial score (nSPS) is 23.2. The zero-order chi connectivity index (χ0) is 16.6. The summed E-state index contributed by atoms with van der Waals surface area (Å²) >= 11 is 7.35. The minimum Gasteiger partial charge on any atom is -0.368 e. The van der Waals surface area contributed by atoms with Crippen LogP contribution in [0, 0.1) is 0 Å². The second-order valence-electron chi connectivity index (χ2n) is 5.88. The number of amides is 2. The van der Waals surface area contributed by atoms with E-state index in [9.17, 15) is 9.59 Å². The SMILES string of the molecule is CN(C)[C@H]1CCN(c2c(Cl)cccc2C=C2SC(=O)NC2=O)C1. The highest BCUT2D eigenvalue weighted by molar-refractivity contribution is 8.18. The highest BCUT2D eigenvalue weighted by Crippen LogP contribution is 2.36. The van der Waals surface area contributed by atoms with Gasteiger partial charge in [0, 0.05) is 24.7 Å². The summed E-state index contributed by atoms with van der Waals surface area (Å²) in [5.41, 5.74) is 1.79. The lowest BCUT2D eigenvalue weighted by Gasteiger charge is -2.24. The van der Waals surface area contributed by atoms with Gasteiger partial charge in [-0.15, -0.1) is 0 Å². The summed E-state index contributed by atoms with van der Waals surface area (Å²) < 4.78 is 0. The Morgan fingerprint density at radius 1 is 1.39 bits per heavy atom. The molecule has 2 heterocycles. The molecule has 0 bridgehead atoms. The first-order valence-electron chi connectivity index (χ1n) is 7.40. The van der Waals surface area contributed by atoms with Crippen LogP contribution in [-0.2, 0) is 4.79 Å². The lowest BCUT2D eigenvalue weighted by Crippen LogP contribution is -2.31. The van der Waals surface area contributed by atoms with Gasteiger partial charge in [0.15, 0.2) is 0 Å². The molecule has 2 aliphatic rings. The van der Waals surface area contributed by atoms with E-state index in [-0.39, 0.29) is 11.1 Å². The lowest BCUT2D eigenvalue weighted by molar-refractivity contribution is -0.115. The fraction of sp³-hybridized carbons (Fsp3) is 0.375. The number of hydrogen-bond donors (Lipinski definition) is 1. The summed E-state index contributed by atoms with van der Waals surface area (Å²) in [5, 5.41) is 2.60. The molecular formula is C16H18ClN3O2S. The Morgan fingerprint density at radius 2 is 2.17 bits per heavy atom. The minimum absolute atomic E-state index is 0.335. The Hall–Kier alpha value is -1.50. The Bertz CT molecular complexity index is 690. The van der Waals surface area contributed by atoms with Crippen LogP contribution >= 0.6 is 23.4 Å². The molecule has 2 fully saturated rings. The van der Waals surface area contributed by atoms with Crippen LogP contribution < -0.4 is 10.2 Å². The fourth-order valence-corrected chi connectivity index (χ4v) is 3.89. The fourth-order valence-electron chi connectivity index (χ4n) is 2.91. The zero-order valence-electron chi connectivity index (χ0n) is 13.0. The second kappa shape index (κ2) is 6.55. The Balaban J connectivity index is 1.94. The first-order valence-corrected chi connectivity index (χ1v) is 8.60. The molecule has 0 aliphatic carbocycles. The van der Waals surface area contributed by atoms with Crippen LogP contribution in [0.25, 0.3) is 6.08 Å². The van der Waals surface area contributed by atoms with E-state index in [0.29, 0.717) is 16.0 Å². The molecule has 0 saturated carbocycles. The first-order chi connectivity index (χ1) is 11.0. The Labute approximate surface area is 144 Å². The average molecular weight is 352 g/mol. The van der Waals surface area contributed by atoms with E-state index >= 15 is 0 Å². The van der Waals surface area contributed by atoms with Crippen molar-refractivity contribution in [2.45, 2.75) is 12.5 Å². The number of likely N-dealkylation sites (N-methyl/N-ethyl adjacent to an activating group) is 1. The molecule has 0 radical (unpaired) electrons. The highest BCUT2D eigenvalue weighted by atomic mass is 35.5. The quantitative estimate of drug-likeness (QED) is 0.849. The van der Waals surface area contributed by atoms with Crippen molar-refractivity contribution in [1.82, 2.24) is 10.2 Å². The standard InChI is InChI=1S/C16H18ClN3O2S/c1-19(2)11-6-7-20(9-11)14-10(4-3-5-12(14)17)8-13-15(21)18-16(22)23-13/h3-5,8,11H,6-7,9H2,1-2H3,(H,18,21,22)/t11-/m0/s1. The van der Waals surface area contributed by atoms with Gasteiger partial charge in [0.25, 0.3) is 11.1 Å². The van der Waals surface area contributed by atoms with E-state index in [0.717, 1.165) is 42.5 Å². The molecule has 1 N–H and O–H groups in total. The lowest BCUT2D eigenvalue weighted by atomic mass is 10.1. The van der Waals surface area contributed by atoms with Crippen LogP contribution in [0.1, 0.15) is 12.0 Å². The summed E-state index contributed by atoms with van der Waals surface area (Å²) in [6.45, 7) is 1.81. The smallest absolute Gasteiger partial charge is 0.290 e. The number of hydrogen-bond acceptors (Lipinski definition) is 5. The third-order valence-corrected chi connectivity index (χ3v) is 5.27. The van der Waals surface area contributed by atoms with Crippen LogP contribution in [-0.4, -0.2) is 49.3 Å². The maximum atomic E-state index is 11.8. The van der Waals surface area contributed by atoms with Crippen molar-refractivity contribution in [2.24, 2.45) is 0 Å². The second-order valence-corrected chi connectivity index (χ2v) is 7.30. The molecule has 122 valence electrons. The van der Waals surface area contributed by atoms with E-state index in [1.54, 1.807) is 6.08 Å². The van der Waals surface area contributed by atoms with Gasteiger partial charge in [-0.1, -0.05) is 23.7 Å². The molecule has 2 amide bonds. The molecule has 5 nitrogen and oxygen atoms in total. The van der Waals surface area contributed by atoms with E-state index in [2.05, 4.69) is 29.2 Å². The summed E-state index contributed by atoms with van der Waals surface area (Å²) in [6, 6.07) is 6.12. The van der Waals surface area contributed by atoms with Gasteiger partial charge in [-0.2, -0.15) is 0 Å². The molecule has 23 heavy (non-hydrogen) atoms. The number of anilines is 1. The number of imide groups is 1. The summed E-state index contributed by atoms with van der Waals surface area (Å²) in [7, 11) is 4.16. The van der Waals surface area contributed by atoms with Crippen molar-refractivity contribution >= 4 is 46.3 Å². The molecule has 3 rings (SSSR count). The number of benzene rings is 1. The molecule has 0 aromatic heterocycles. The Kier molecular flexibility index (Phi) is 4.66. The number of nitrogens with zero attached hydrogens (tertiary/aromatic N) is 2.